The van der Waals surface area contributed by atoms with E-state index in [0.29, 0.717) is 0 Å². The average molecular weight is 154 g/mol. The van der Waals surface area contributed by atoms with Crippen LogP contribution in [-0.2, 0) is 0 Å². The van der Waals surface area contributed by atoms with E-state index in [0.717, 1.165) is 12.8 Å². The van der Waals surface area contributed by atoms with E-state index in [2.05, 4.69) is 6.08 Å². The fourth-order valence-electron chi connectivity index (χ4n) is 0.731. The van der Waals surface area contributed by atoms with Crippen molar-refractivity contribution in [2.75, 3.05) is 0 Å². The third-order valence-corrected chi connectivity index (χ3v) is 1.26. The van der Waals surface area contributed by atoms with Crippen molar-refractivity contribution < 1.29 is 5.11 Å². The smallest absolute Gasteiger partial charge is 0.0771 e. The molecule has 1 heteroatoms. The highest BCUT2D eigenvalue weighted by atomic mass is 16.3. The molecule has 0 aromatic heterocycles. The van der Waals surface area contributed by atoms with Gasteiger partial charge in [-0.15, -0.1) is 0 Å². The highest BCUT2D eigenvalue weighted by Gasteiger charge is 2.04. The van der Waals surface area contributed by atoms with Crippen molar-refractivity contribution in [3.63, 3.8) is 0 Å². The molecule has 0 radical (unpaired) electrons. The quantitative estimate of drug-likeness (QED) is 0.487. The minimum atomic E-state index is -0.657. The summed E-state index contributed by atoms with van der Waals surface area (Å²) in [5, 5.41) is 9.27. The normalized spacial score (nSPS) is 13.5. The molecule has 0 heterocycles. The van der Waals surface area contributed by atoms with Gasteiger partial charge in [0, 0.05) is 0 Å². The maximum absolute atomic E-state index is 9.27. The standard InChI is InChI=1S/C10H18O/c1-4-5-6-7-8-9-10(2,3)11/h4-5,8-9,11H,6-7H2,1-3H3/b5-4?,9-8+. The zero-order valence-electron chi connectivity index (χ0n) is 7.67. The zero-order valence-corrected chi connectivity index (χ0v) is 7.67. The van der Waals surface area contributed by atoms with Crippen LogP contribution in [-0.4, -0.2) is 10.7 Å². The summed E-state index contributed by atoms with van der Waals surface area (Å²) < 4.78 is 0. The first kappa shape index (κ1) is 10.4. The van der Waals surface area contributed by atoms with Gasteiger partial charge in [0.2, 0.25) is 0 Å². The molecule has 0 spiro atoms. The second kappa shape index (κ2) is 5.14. The van der Waals surface area contributed by atoms with E-state index in [-0.39, 0.29) is 0 Å². The topological polar surface area (TPSA) is 20.2 Å². The fourth-order valence-corrected chi connectivity index (χ4v) is 0.731. The van der Waals surface area contributed by atoms with Crippen LogP contribution >= 0.6 is 0 Å². The molecule has 0 amide bonds. The molecule has 0 aliphatic carbocycles. The van der Waals surface area contributed by atoms with Crippen molar-refractivity contribution in [2.45, 2.75) is 39.2 Å². The molecule has 0 saturated carbocycles. The maximum atomic E-state index is 9.27. The SMILES string of the molecule is CC=CCC/C=C/C(C)(C)O. The summed E-state index contributed by atoms with van der Waals surface area (Å²) in [4.78, 5) is 0. The van der Waals surface area contributed by atoms with Crippen LogP contribution < -0.4 is 0 Å². The summed E-state index contributed by atoms with van der Waals surface area (Å²) in [6.07, 6.45) is 10.1. The fraction of sp³-hybridized carbons (Fsp3) is 0.600. The molecule has 0 bridgehead atoms. The Morgan fingerprint density at radius 1 is 1.18 bits per heavy atom. The van der Waals surface area contributed by atoms with Crippen LogP contribution in [0, 0.1) is 0 Å². The molecule has 11 heavy (non-hydrogen) atoms. The Bertz CT molecular complexity index is 137. The molecule has 0 fully saturated rings. The van der Waals surface area contributed by atoms with Gasteiger partial charge < -0.3 is 5.11 Å². The third-order valence-electron chi connectivity index (χ3n) is 1.26. The second-order valence-corrected chi connectivity index (χ2v) is 3.20. The molecule has 0 aromatic rings. The minimum absolute atomic E-state index is 0.657. The summed E-state index contributed by atoms with van der Waals surface area (Å²) in [6, 6.07) is 0. The molecule has 0 rings (SSSR count). The summed E-state index contributed by atoms with van der Waals surface area (Å²) in [6.45, 7) is 5.57. The van der Waals surface area contributed by atoms with Crippen LogP contribution in [0.3, 0.4) is 0 Å². The molecule has 0 unspecified atom stereocenters. The largest absolute Gasteiger partial charge is 0.386 e. The van der Waals surface area contributed by atoms with Gasteiger partial charge in [-0.05, 0) is 33.6 Å². The Labute approximate surface area is 69.4 Å². The first-order valence-corrected chi connectivity index (χ1v) is 4.07. The Balaban J connectivity index is 3.45. The van der Waals surface area contributed by atoms with E-state index < -0.39 is 5.60 Å². The van der Waals surface area contributed by atoms with Crippen LogP contribution in [0.25, 0.3) is 0 Å². The number of rotatable bonds is 4. The molecule has 0 saturated heterocycles. The maximum Gasteiger partial charge on any atom is 0.0771 e. The van der Waals surface area contributed by atoms with Crippen molar-refractivity contribution >= 4 is 0 Å². The lowest BCUT2D eigenvalue weighted by molar-refractivity contribution is 0.133. The molecule has 0 atom stereocenters. The second-order valence-electron chi connectivity index (χ2n) is 3.20. The van der Waals surface area contributed by atoms with Gasteiger partial charge in [0.1, 0.15) is 0 Å². The van der Waals surface area contributed by atoms with E-state index in [4.69, 9.17) is 0 Å². The molecule has 0 aromatic carbocycles. The monoisotopic (exact) mass is 154 g/mol. The lowest BCUT2D eigenvalue weighted by Gasteiger charge is -2.09. The van der Waals surface area contributed by atoms with Gasteiger partial charge in [0.25, 0.3) is 0 Å². The summed E-state index contributed by atoms with van der Waals surface area (Å²) >= 11 is 0. The number of hydrogen-bond donors (Lipinski definition) is 1. The number of unbranched alkanes of at least 4 members (excludes halogenated alkanes) is 1. The summed E-state index contributed by atoms with van der Waals surface area (Å²) in [7, 11) is 0. The van der Waals surface area contributed by atoms with Crippen molar-refractivity contribution in [1.29, 1.82) is 0 Å². The molecule has 1 nitrogen and oxygen atoms in total. The lowest BCUT2D eigenvalue weighted by Crippen LogP contribution is -2.13. The highest BCUT2D eigenvalue weighted by molar-refractivity contribution is 4.96. The Kier molecular flexibility index (Phi) is 4.88. The van der Waals surface area contributed by atoms with Gasteiger partial charge in [-0.1, -0.05) is 24.3 Å². The van der Waals surface area contributed by atoms with Crippen LogP contribution in [0.5, 0.6) is 0 Å². The highest BCUT2D eigenvalue weighted by Crippen LogP contribution is 2.04. The van der Waals surface area contributed by atoms with Crippen LogP contribution in [0.4, 0.5) is 0 Å². The summed E-state index contributed by atoms with van der Waals surface area (Å²) in [5.41, 5.74) is -0.657. The molecule has 64 valence electrons. The Morgan fingerprint density at radius 2 is 1.73 bits per heavy atom. The van der Waals surface area contributed by atoms with Crippen molar-refractivity contribution in [3.05, 3.63) is 24.3 Å². The van der Waals surface area contributed by atoms with Gasteiger partial charge >= 0.3 is 0 Å². The van der Waals surface area contributed by atoms with Gasteiger partial charge in [-0.25, -0.2) is 0 Å². The predicted octanol–water partition coefficient (Wildman–Crippen LogP) is 2.67. The van der Waals surface area contributed by atoms with Crippen LogP contribution in [0.1, 0.15) is 33.6 Å². The van der Waals surface area contributed by atoms with Gasteiger partial charge in [-0.2, -0.15) is 0 Å². The van der Waals surface area contributed by atoms with E-state index in [1.54, 1.807) is 13.8 Å². The summed E-state index contributed by atoms with van der Waals surface area (Å²) in [5.74, 6) is 0. The minimum Gasteiger partial charge on any atom is -0.386 e. The average Bonchev–Trinajstić information content (AvgIpc) is 1.85. The van der Waals surface area contributed by atoms with Gasteiger partial charge in [0.05, 0.1) is 5.60 Å². The lowest BCUT2D eigenvalue weighted by atomic mass is 10.1. The molecule has 0 aliphatic rings. The Morgan fingerprint density at radius 3 is 2.18 bits per heavy atom. The van der Waals surface area contributed by atoms with E-state index in [1.807, 2.05) is 25.2 Å². The Hall–Kier alpha value is -0.560. The van der Waals surface area contributed by atoms with Crippen LogP contribution in [0.2, 0.25) is 0 Å². The van der Waals surface area contributed by atoms with E-state index in [1.165, 1.54) is 0 Å². The molecular weight excluding hydrogens is 136 g/mol. The number of allylic oxidation sites excluding steroid dienone is 3. The number of hydrogen-bond acceptors (Lipinski definition) is 1. The first-order chi connectivity index (χ1) is 5.06. The van der Waals surface area contributed by atoms with Crippen molar-refractivity contribution in [2.24, 2.45) is 0 Å². The predicted molar refractivity (Wildman–Crippen MR) is 49.5 cm³/mol. The molecular formula is C10H18O. The molecule has 1 N–H and O–H groups in total. The zero-order chi connectivity index (χ0) is 8.74. The molecule has 0 aliphatic heterocycles. The van der Waals surface area contributed by atoms with E-state index >= 15 is 0 Å². The van der Waals surface area contributed by atoms with Gasteiger partial charge in [-0.3, -0.25) is 0 Å². The van der Waals surface area contributed by atoms with Gasteiger partial charge in [0.15, 0.2) is 0 Å². The van der Waals surface area contributed by atoms with Crippen LogP contribution in [0.15, 0.2) is 24.3 Å². The van der Waals surface area contributed by atoms with Crippen molar-refractivity contribution in [3.8, 4) is 0 Å². The number of aliphatic hydroxyl groups is 1. The third kappa shape index (κ3) is 9.44. The van der Waals surface area contributed by atoms with Crippen molar-refractivity contribution in [1.82, 2.24) is 0 Å². The van der Waals surface area contributed by atoms with E-state index in [9.17, 15) is 5.11 Å². The first-order valence-electron chi connectivity index (χ1n) is 4.07.